The first-order valence-electron chi connectivity index (χ1n) is 6.92. The van der Waals surface area contributed by atoms with Gasteiger partial charge in [0.1, 0.15) is 0 Å². The average molecular weight is 291 g/mol. The normalized spacial score (nSPS) is 11.6. The van der Waals surface area contributed by atoms with E-state index in [9.17, 15) is 0 Å². The van der Waals surface area contributed by atoms with Crippen LogP contribution in [-0.4, -0.2) is 9.66 Å². The van der Waals surface area contributed by atoms with E-state index >= 15 is 0 Å². The first-order valence-corrected chi connectivity index (χ1v) is 6.92. The molecule has 0 atom stereocenters. The van der Waals surface area contributed by atoms with Gasteiger partial charge in [0.25, 0.3) is 0 Å². The summed E-state index contributed by atoms with van der Waals surface area (Å²) in [5.74, 6) is 5.98. The van der Waals surface area contributed by atoms with Crippen LogP contribution < -0.4 is 17.1 Å². The van der Waals surface area contributed by atoms with Crippen LogP contribution in [0.5, 0.6) is 0 Å². The van der Waals surface area contributed by atoms with Gasteiger partial charge in [0.05, 0.1) is 5.69 Å². The average Bonchev–Trinajstić information content (AvgIpc) is 2.54. The molecule has 2 aromatic heterocycles. The zero-order valence-corrected chi connectivity index (χ0v) is 12.3. The zero-order chi connectivity index (χ0) is 15.5. The van der Waals surface area contributed by atoms with Crippen LogP contribution in [0.4, 0.5) is 11.4 Å². The van der Waals surface area contributed by atoms with Gasteiger partial charge >= 0.3 is 0 Å². The number of nitrogens with zero attached hydrogens (tertiary/aromatic N) is 3. The largest absolute Gasteiger partial charge is 0.399 e. The molecule has 0 spiro atoms. The number of nitrogen functional groups attached to an aromatic ring is 2. The van der Waals surface area contributed by atoms with E-state index in [1.165, 1.54) is 4.68 Å². The van der Waals surface area contributed by atoms with Crippen molar-refractivity contribution >= 4 is 11.4 Å². The summed E-state index contributed by atoms with van der Waals surface area (Å²) in [6.45, 7) is 1.99. The van der Waals surface area contributed by atoms with Crippen LogP contribution in [0.1, 0.15) is 5.56 Å². The standard InChI is InChI=1S/C17H17N5/c1-12-4-5-15(18)10-16(12)21-17-9-13(6-8-22(17)19)14-3-2-7-20-11-14/h2-11H,18-19H2,1H3. The van der Waals surface area contributed by atoms with Crippen molar-refractivity contribution in [3.8, 4) is 11.1 Å². The Labute approximate surface area is 128 Å². The summed E-state index contributed by atoms with van der Waals surface area (Å²) < 4.78 is 1.49. The molecule has 5 nitrogen and oxygen atoms in total. The minimum Gasteiger partial charge on any atom is -0.399 e. The molecule has 2 heterocycles. The highest BCUT2D eigenvalue weighted by Crippen LogP contribution is 2.21. The summed E-state index contributed by atoms with van der Waals surface area (Å²) in [6.07, 6.45) is 5.34. The second-order valence-corrected chi connectivity index (χ2v) is 5.08. The number of nitrogens with two attached hydrogens (primary N) is 2. The second-order valence-electron chi connectivity index (χ2n) is 5.08. The number of pyridine rings is 2. The smallest absolute Gasteiger partial charge is 0.151 e. The van der Waals surface area contributed by atoms with Gasteiger partial charge in [-0.2, -0.15) is 0 Å². The minimum atomic E-state index is 0.648. The lowest BCUT2D eigenvalue weighted by Gasteiger charge is -2.06. The van der Waals surface area contributed by atoms with Gasteiger partial charge in [-0.1, -0.05) is 12.1 Å². The Kier molecular flexibility index (Phi) is 3.62. The fourth-order valence-corrected chi connectivity index (χ4v) is 2.17. The molecular formula is C17H17N5. The van der Waals surface area contributed by atoms with Crippen LogP contribution in [0, 0.1) is 6.92 Å². The third-order valence-electron chi connectivity index (χ3n) is 3.43. The molecular weight excluding hydrogens is 274 g/mol. The van der Waals surface area contributed by atoms with Crippen LogP contribution in [-0.2, 0) is 0 Å². The summed E-state index contributed by atoms with van der Waals surface area (Å²) in [4.78, 5) is 8.76. The van der Waals surface area contributed by atoms with E-state index in [4.69, 9.17) is 11.6 Å². The first kappa shape index (κ1) is 13.9. The highest BCUT2D eigenvalue weighted by atomic mass is 15.3. The second kappa shape index (κ2) is 5.73. The third-order valence-corrected chi connectivity index (χ3v) is 3.43. The Bertz CT molecular complexity index is 866. The zero-order valence-electron chi connectivity index (χ0n) is 12.3. The van der Waals surface area contributed by atoms with Gasteiger partial charge in [-0.05, 0) is 48.4 Å². The molecule has 0 bridgehead atoms. The molecule has 1 aromatic carbocycles. The SMILES string of the molecule is Cc1ccc(N)cc1N=c1cc(-c2cccnc2)ccn1N. The van der Waals surface area contributed by atoms with Gasteiger partial charge < -0.3 is 11.6 Å². The van der Waals surface area contributed by atoms with Crippen LogP contribution >= 0.6 is 0 Å². The molecule has 0 fully saturated rings. The van der Waals surface area contributed by atoms with Gasteiger partial charge in [0.15, 0.2) is 5.49 Å². The molecule has 5 heteroatoms. The van der Waals surface area contributed by atoms with E-state index < -0.39 is 0 Å². The monoisotopic (exact) mass is 291 g/mol. The van der Waals surface area contributed by atoms with Crippen molar-refractivity contribution in [2.45, 2.75) is 6.92 Å². The van der Waals surface area contributed by atoms with Crippen molar-refractivity contribution in [1.82, 2.24) is 9.66 Å². The van der Waals surface area contributed by atoms with E-state index in [-0.39, 0.29) is 0 Å². The molecule has 0 saturated heterocycles. The molecule has 3 aromatic rings. The third kappa shape index (κ3) is 2.83. The maximum Gasteiger partial charge on any atom is 0.151 e. The lowest BCUT2D eigenvalue weighted by molar-refractivity contribution is 0.904. The number of aryl methyl sites for hydroxylation is 1. The van der Waals surface area contributed by atoms with Gasteiger partial charge in [0.2, 0.25) is 0 Å². The molecule has 0 radical (unpaired) electrons. The van der Waals surface area contributed by atoms with Gasteiger partial charge in [-0.25, -0.2) is 4.99 Å². The Morgan fingerprint density at radius 3 is 2.73 bits per heavy atom. The topological polar surface area (TPSA) is 82.2 Å². The van der Waals surface area contributed by atoms with Crippen LogP contribution in [0.15, 0.2) is 66.0 Å². The van der Waals surface area contributed by atoms with E-state index in [2.05, 4.69) is 9.98 Å². The van der Waals surface area contributed by atoms with E-state index in [1.54, 1.807) is 12.4 Å². The van der Waals surface area contributed by atoms with Gasteiger partial charge in [-0.15, -0.1) is 0 Å². The predicted octanol–water partition coefficient (Wildman–Crippen LogP) is 2.39. The summed E-state index contributed by atoms with van der Waals surface area (Å²) in [6, 6.07) is 13.4. The highest BCUT2D eigenvalue weighted by molar-refractivity contribution is 5.61. The van der Waals surface area contributed by atoms with E-state index in [0.29, 0.717) is 11.2 Å². The van der Waals surface area contributed by atoms with E-state index in [1.807, 2.05) is 55.6 Å². The molecule has 0 amide bonds. The maximum atomic E-state index is 5.98. The number of hydrogen-bond donors (Lipinski definition) is 2. The fraction of sp³-hybridized carbons (Fsp3) is 0.0588. The van der Waals surface area contributed by atoms with Crippen molar-refractivity contribution in [1.29, 1.82) is 0 Å². The molecule has 22 heavy (non-hydrogen) atoms. The summed E-state index contributed by atoms with van der Waals surface area (Å²) >= 11 is 0. The molecule has 0 saturated carbocycles. The molecule has 0 aliphatic rings. The number of aromatic nitrogens is 2. The summed E-state index contributed by atoms with van der Waals surface area (Å²) in [7, 11) is 0. The predicted molar refractivity (Wildman–Crippen MR) is 88.6 cm³/mol. The molecule has 0 unspecified atom stereocenters. The van der Waals surface area contributed by atoms with Crippen LogP contribution in [0.3, 0.4) is 0 Å². The van der Waals surface area contributed by atoms with Crippen molar-refractivity contribution < 1.29 is 0 Å². The van der Waals surface area contributed by atoms with E-state index in [0.717, 1.165) is 22.4 Å². The molecule has 0 aliphatic carbocycles. The molecule has 110 valence electrons. The number of rotatable bonds is 2. The molecule has 3 rings (SSSR count). The quantitative estimate of drug-likeness (QED) is 0.562. The van der Waals surface area contributed by atoms with Crippen LogP contribution in [0.2, 0.25) is 0 Å². The number of anilines is 1. The Morgan fingerprint density at radius 2 is 1.95 bits per heavy atom. The summed E-state index contributed by atoms with van der Waals surface area (Å²) in [5.41, 5.74) is 11.0. The number of benzene rings is 1. The highest BCUT2D eigenvalue weighted by Gasteiger charge is 2.01. The first-order chi connectivity index (χ1) is 10.6. The van der Waals surface area contributed by atoms with Gasteiger partial charge in [-0.3, -0.25) is 9.66 Å². The molecule has 4 N–H and O–H groups in total. The van der Waals surface area contributed by atoms with Crippen molar-refractivity contribution in [2.24, 2.45) is 4.99 Å². The van der Waals surface area contributed by atoms with Crippen molar-refractivity contribution in [3.05, 3.63) is 72.1 Å². The van der Waals surface area contributed by atoms with Crippen molar-refractivity contribution in [3.63, 3.8) is 0 Å². The van der Waals surface area contributed by atoms with Crippen LogP contribution in [0.25, 0.3) is 11.1 Å². The lowest BCUT2D eigenvalue weighted by Crippen LogP contribution is -2.26. The lowest BCUT2D eigenvalue weighted by atomic mass is 10.1. The Hall–Kier alpha value is -3.08. The fourth-order valence-electron chi connectivity index (χ4n) is 2.17. The Balaban J connectivity index is 2.14. The Morgan fingerprint density at radius 1 is 1.09 bits per heavy atom. The maximum absolute atomic E-state index is 5.98. The molecule has 0 aliphatic heterocycles. The summed E-state index contributed by atoms with van der Waals surface area (Å²) in [5, 5.41) is 0. The minimum absolute atomic E-state index is 0.648. The van der Waals surface area contributed by atoms with Crippen molar-refractivity contribution in [2.75, 3.05) is 11.6 Å². The van der Waals surface area contributed by atoms with Gasteiger partial charge in [0, 0.05) is 29.8 Å². The number of hydrogen-bond acceptors (Lipinski definition) is 4.